The van der Waals surface area contributed by atoms with Gasteiger partial charge in [-0.2, -0.15) is 0 Å². The van der Waals surface area contributed by atoms with Crippen LogP contribution in [0, 0.1) is 0 Å². The van der Waals surface area contributed by atoms with Crippen molar-refractivity contribution < 1.29 is 4.74 Å². The Kier molecular flexibility index (Phi) is 5.01. The molecule has 0 atom stereocenters. The summed E-state index contributed by atoms with van der Waals surface area (Å²) in [4.78, 5) is 4.42. The molecule has 19 heavy (non-hydrogen) atoms. The molecule has 0 radical (unpaired) electrons. The Morgan fingerprint density at radius 1 is 1.16 bits per heavy atom. The predicted molar refractivity (Wildman–Crippen MR) is 80.9 cm³/mol. The summed E-state index contributed by atoms with van der Waals surface area (Å²) in [5.41, 5.74) is 0. The van der Waals surface area contributed by atoms with Gasteiger partial charge >= 0.3 is 0 Å². The van der Waals surface area contributed by atoms with E-state index in [1.165, 1.54) is 5.39 Å². The zero-order valence-electron chi connectivity index (χ0n) is 11.8. The minimum Gasteiger partial charge on any atom is -0.494 e. The lowest BCUT2D eigenvalue weighted by Gasteiger charge is -2.10. The molecule has 1 N–H and O–H groups in total. The fourth-order valence-corrected chi connectivity index (χ4v) is 1.96. The molecule has 0 amide bonds. The molecule has 2 rings (SSSR count). The second-order valence-corrected chi connectivity index (χ2v) is 4.67. The van der Waals surface area contributed by atoms with Crippen LogP contribution in [0.3, 0.4) is 0 Å². The number of benzene rings is 1. The van der Waals surface area contributed by atoms with Crippen molar-refractivity contribution in [3.63, 3.8) is 0 Å². The number of nitrogens with one attached hydrogen (secondary N) is 1. The molecule has 1 heterocycles. The fourth-order valence-electron chi connectivity index (χ4n) is 1.96. The second kappa shape index (κ2) is 6.98. The third kappa shape index (κ3) is 3.60. The van der Waals surface area contributed by atoms with Gasteiger partial charge in [0.25, 0.3) is 0 Å². The molecular weight excluding hydrogens is 236 g/mol. The quantitative estimate of drug-likeness (QED) is 0.754. The van der Waals surface area contributed by atoms with Crippen LogP contribution >= 0.6 is 0 Å². The van der Waals surface area contributed by atoms with E-state index in [1.807, 2.05) is 18.3 Å². The highest BCUT2D eigenvalue weighted by Gasteiger charge is 2.03. The molecule has 0 fully saturated rings. The molecule has 0 aliphatic heterocycles. The molecule has 0 aliphatic carbocycles. The first-order valence-electron chi connectivity index (χ1n) is 7.10. The number of ether oxygens (including phenoxy) is 1. The number of rotatable bonds is 7. The molecule has 1 aromatic heterocycles. The first-order chi connectivity index (χ1) is 9.35. The van der Waals surface area contributed by atoms with Gasteiger partial charge in [-0.25, -0.2) is 4.98 Å². The Bertz CT molecular complexity index is 525. The predicted octanol–water partition coefficient (Wildman–Crippen LogP) is 4.24. The summed E-state index contributed by atoms with van der Waals surface area (Å²) in [6, 6.07) is 8.23. The molecule has 0 bridgehead atoms. The maximum absolute atomic E-state index is 5.76. The Hall–Kier alpha value is -1.77. The van der Waals surface area contributed by atoms with Crippen molar-refractivity contribution in [1.29, 1.82) is 0 Å². The van der Waals surface area contributed by atoms with Gasteiger partial charge in [0, 0.05) is 18.1 Å². The number of pyridine rings is 1. The lowest BCUT2D eigenvalue weighted by atomic mass is 10.1. The van der Waals surface area contributed by atoms with E-state index in [9.17, 15) is 0 Å². The second-order valence-electron chi connectivity index (χ2n) is 4.67. The summed E-state index contributed by atoms with van der Waals surface area (Å²) in [6.45, 7) is 6.03. The van der Waals surface area contributed by atoms with Gasteiger partial charge < -0.3 is 10.1 Å². The summed E-state index contributed by atoms with van der Waals surface area (Å²) in [7, 11) is 0. The topological polar surface area (TPSA) is 34.1 Å². The normalized spacial score (nSPS) is 10.6. The number of hydrogen-bond acceptors (Lipinski definition) is 3. The molecule has 102 valence electrons. The highest BCUT2D eigenvalue weighted by molar-refractivity contribution is 5.92. The lowest BCUT2D eigenvalue weighted by molar-refractivity contribution is 0.310. The molecule has 0 spiro atoms. The average molecular weight is 258 g/mol. The average Bonchev–Trinajstić information content (AvgIpc) is 2.45. The van der Waals surface area contributed by atoms with E-state index in [2.05, 4.69) is 36.3 Å². The number of fused-ring (bicyclic) bond motifs is 1. The van der Waals surface area contributed by atoms with Crippen LogP contribution in [0.25, 0.3) is 10.8 Å². The zero-order valence-corrected chi connectivity index (χ0v) is 11.8. The van der Waals surface area contributed by atoms with Gasteiger partial charge in [-0.15, -0.1) is 0 Å². The maximum atomic E-state index is 5.76. The van der Waals surface area contributed by atoms with Crippen molar-refractivity contribution in [2.45, 2.75) is 33.1 Å². The smallest absolute Gasteiger partial charge is 0.133 e. The number of unbranched alkanes of at least 4 members (excludes halogenated alkanes) is 1. The van der Waals surface area contributed by atoms with Crippen molar-refractivity contribution in [3.8, 4) is 5.75 Å². The van der Waals surface area contributed by atoms with E-state index in [0.717, 1.165) is 49.4 Å². The Morgan fingerprint density at radius 2 is 2.05 bits per heavy atom. The number of anilines is 1. The van der Waals surface area contributed by atoms with Crippen molar-refractivity contribution in [2.75, 3.05) is 18.5 Å². The van der Waals surface area contributed by atoms with Gasteiger partial charge in [0.2, 0.25) is 0 Å². The van der Waals surface area contributed by atoms with E-state index in [1.54, 1.807) is 0 Å². The van der Waals surface area contributed by atoms with E-state index < -0.39 is 0 Å². The molecule has 3 nitrogen and oxygen atoms in total. The Balaban J connectivity index is 2.22. The summed E-state index contributed by atoms with van der Waals surface area (Å²) < 4.78 is 5.76. The van der Waals surface area contributed by atoms with E-state index in [-0.39, 0.29) is 0 Å². The van der Waals surface area contributed by atoms with Crippen molar-refractivity contribution in [2.24, 2.45) is 0 Å². The summed E-state index contributed by atoms with van der Waals surface area (Å²) in [5, 5.41) is 5.69. The molecule has 0 unspecified atom stereocenters. The van der Waals surface area contributed by atoms with Crippen LogP contribution in [-0.2, 0) is 0 Å². The number of nitrogens with zero attached hydrogens (tertiary/aromatic N) is 1. The molecular formula is C16H22N2O. The summed E-state index contributed by atoms with van der Waals surface area (Å²) in [5.74, 6) is 1.87. The first-order valence-corrected chi connectivity index (χ1v) is 7.10. The first kappa shape index (κ1) is 13.7. The van der Waals surface area contributed by atoms with E-state index >= 15 is 0 Å². The van der Waals surface area contributed by atoms with Crippen molar-refractivity contribution in [1.82, 2.24) is 4.98 Å². The highest BCUT2D eigenvalue weighted by Crippen LogP contribution is 2.25. The summed E-state index contributed by atoms with van der Waals surface area (Å²) >= 11 is 0. The lowest BCUT2D eigenvalue weighted by Crippen LogP contribution is -2.02. The molecule has 0 saturated heterocycles. The van der Waals surface area contributed by atoms with Crippen LogP contribution in [0.2, 0.25) is 0 Å². The van der Waals surface area contributed by atoms with Crippen LogP contribution < -0.4 is 10.1 Å². The third-order valence-electron chi connectivity index (χ3n) is 3.05. The standard InChI is InChI=1S/C16H22N2O/c1-3-5-11-19-14-7-6-13-8-10-18-16(15(13)12-14)17-9-4-2/h6-8,10,12H,3-5,9,11H2,1-2H3,(H,17,18). The monoisotopic (exact) mass is 258 g/mol. The number of aromatic nitrogens is 1. The minimum atomic E-state index is 0.778. The molecule has 0 saturated carbocycles. The number of hydrogen-bond donors (Lipinski definition) is 1. The van der Waals surface area contributed by atoms with Gasteiger partial charge in [0.1, 0.15) is 11.6 Å². The zero-order chi connectivity index (χ0) is 13.5. The van der Waals surface area contributed by atoms with E-state index in [0.29, 0.717) is 0 Å². The van der Waals surface area contributed by atoms with Crippen LogP contribution in [0.1, 0.15) is 33.1 Å². The molecule has 1 aromatic carbocycles. The van der Waals surface area contributed by atoms with Gasteiger partial charge in [0.15, 0.2) is 0 Å². The molecule has 3 heteroatoms. The largest absolute Gasteiger partial charge is 0.494 e. The third-order valence-corrected chi connectivity index (χ3v) is 3.05. The Labute approximate surface area is 115 Å². The maximum Gasteiger partial charge on any atom is 0.133 e. The Morgan fingerprint density at radius 3 is 2.84 bits per heavy atom. The molecule has 0 aliphatic rings. The van der Waals surface area contributed by atoms with E-state index in [4.69, 9.17) is 4.74 Å². The van der Waals surface area contributed by atoms with Crippen LogP contribution in [0.5, 0.6) is 5.75 Å². The molecule has 2 aromatic rings. The van der Waals surface area contributed by atoms with Gasteiger partial charge in [-0.1, -0.05) is 26.3 Å². The van der Waals surface area contributed by atoms with Crippen LogP contribution in [0.15, 0.2) is 30.5 Å². The van der Waals surface area contributed by atoms with Gasteiger partial charge in [-0.3, -0.25) is 0 Å². The highest BCUT2D eigenvalue weighted by atomic mass is 16.5. The van der Waals surface area contributed by atoms with Crippen LogP contribution in [0.4, 0.5) is 5.82 Å². The van der Waals surface area contributed by atoms with Gasteiger partial charge in [0.05, 0.1) is 6.61 Å². The summed E-state index contributed by atoms with van der Waals surface area (Å²) in [6.07, 6.45) is 5.17. The van der Waals surface area contributed by atoms with Crippen LogP contribution in [-0.4, -0.2) is 18.1 Å². The van der Waals surface area contributed by atoms with Crippen molar-refractivity contribution >= 4 is 16.6 Å². The van der Waals surface area contributed by atoms with Gasteiger partial charge in [-0.05, 0) is 36.4 Å². The minimum absolute atomic E-state index is 0.778. The fraction of sp³-hybridized carbons (Fsp3) is 0.438. The SMILES string of the molecule is CCCCOc1ccc2ccnc(NCCC)c2c1. The van der Waals surface area contributed by atoms with Crippen molar-refractivity contribution in [3.05, 3.63) is 30.5 Å².